The van der Waals surface area contributed by atoms with Crippen molar-refractivity contribution in [3.63, 3.8) is 0 Å². The van der Waals surface area contributed by atoms with E-state index in [0.717, 1.165) is 32.9 Å². The van der Waals surface area contributed by atoms with E-state index in [0.29, 0.717) is 50.6 Å². The predicted octanol–water partition coefficient (Wildman–Crippen LogP) is 7.20. The Kier molecular flexibility index (Phi) is 16.1. The Labute approximate surface area is 340 Å². The van der Waals surface area contributed by atoms with Crippen LogP contribution in [0.5, 0.6) is 17.2 Å². The van der Waals surface area contributed by atoms with Crippen LogP contribution < -0.4 is 14.2 Å². The first-order valence-corrected chi connectivity index (χ1v) is 18.7. The minimum atomic E-state index is -0.869. The molecule has 0 radical (unpaired) electrons. The molecule has 0 bridgehead atoms. The number of benzene rings is 3. The van der Waals surface area contributed by atoms with Gasteiger partial charge in [-0.05, 0) is 74.9 Å². The number of carbonyl (C=O) groups excluding carboxylic acids is 6. The topological polar surface area (TPSA) is 158 Å². The van der Waals surface area contributed by atoms with Crippen molar-refractivity contribution in [2.75, 3.05) is 19.8 Å². The van der Waals surface area contributed by atoms with Crippen LogP contribution in [0.25, 0.3) is 0 Å². The molecule has 0 fully saturated rings. The third-order valence-corrected chi connectivity index (χ3v) is 10.2. The minimum absolute atomic E-state index is 0.0704. The number of rotatable bonds is 18. The fourth-order valence-electron chi connectivity index (χ4n) is 5.30. The largest absolute Gasteiger partial charge is 0.457 e. The second-order valence-corrected chi connectivity index (χ2v) is 14.9. The van der Waals surface area contributed by atoms with Gasteiger partial charge in [-0.15, -0.1) is 0 Å². The van der Waals surface area contributed by atoms with E-state index in [4.69, 9.17) is 28.4 Å². The number of esters is 6. The number of ether oxygens (including phenoxy) is 6. The highest BCUT2D eigenvalue weighted by Crippen LogP contribution is 2.40. The molecule has 0 spiro atoms. The quantitative estimate of drug-likeness (QED) is 0.0419. The summed E-state index contributed by atoms with van der Waals surface area (Å²) < 4.78 is 31.9. The lowest BCUT2D eigenvalue weighted by Crippen LogP contribution is -2.18. The first-order valence-electron chi connectivity index (χ1n) is 17.5. The predicted molar refractivity (Wildman–Crippen MR) is 218 cm³/mol. The van der Waals surface area contributed by atoms with Gasteiger partial charge in [-0.1, -0.05) is 39.5 Å². The van der Waals surface area contributed by atoms with Gasteiger partial charge in [0.25, 0.3) is 0 Å². The van der Waals surface area contributed by atoms with E-state index in [2.05, 4.69) is 39.5 Å². The zero-order valence-corrected chi connectivity index (χ0v) is 34.2. The minimum Gasteiger partial charge on any atom is -0.457 e. The Morgan fingerprint density at radius 3 is 0.845 bits per heavy atom. The van der Waals surface area contributed by atoms with E-state index in [1.54, 1.807) is 41.5 Å². The van der Waals surface area contributed by atoms with E-state index in [1.807, 2.05) is 36.4 Å². The van der Waals surface area contributed by atoms with Gasteiger partial charge in [-0.2, -0.15) is 0 Å². The van der Waals surface area contributed by atoms with Crippen LogP contribution in [-0.4, -0.2) is 55.6 Å². The molecule has 0 unspecified atom stereocenters. The summed E-state index contributed by atoms with van der Waals surface area (Å²) in [5.41, 5.74) is 3.54. The molecule has 0 saturated carbocycles. The number of hydrogen-bond donors (Lipinski definition) is 0. The van der Waals surface area contributed by atoms with Crippen molar-refractivity contribution in [3.8, 4) is 17.2 Å². The molecule has 0 aliphatic carbocycles. The molecular weight excluding hydrogens is 765 g/mol. The Balaban J connectivity index is 2.11. The Morgan fingerprint density at radius 1 is 0.448 bits per heavy atom. The summed E-state index contributed by atoms with van der Waals surface area (Å²) in [6.45, 7) is 30.7. The molecule has 0 aliphatic rings. The average Bonchev–Trinajstić information content (AvgIpc) is 3.18. The van der Waals surface area contributed by atoms with Gasteiger partial charge in [0.1, 0.15) is 37.1 Å². The summed E-state index contributed by atoms with van der Waals surface area (Å²) in [4.78, 5) is 75.7. The van der Waals surface area contributed by atoms with Gasteiger partial charge in [0, 0.05) is 54.6 Å². The monoisotopic (exact) mass is 809 g/mol. The summed E-state index contributed by atoms with van der Waals surface area (Å²) >= 11 is 0. The SMILES string of the molecule is C=CC(=O)OCC(=C)C(=O)Oc1c(C)cc([S+](c2cc(C)c(OC(=O)C(=C)COC(=O)C=C)c(C)c2)c2cc(C)c(OC(=O)C(=C)COC(=O)C=C)c(C)c2)cc1C. The maximum absolute atomic E-state index is 12.9. The van der Waals surface area contributed by atoms with Crippen LogP contribution in [-0.2, 0) is 53.9 Å². The van der Waals surface area contributed by atoms with E-state index >= 15 is 0 Å². The Bertz CT molecular complexity index is 1940. The highest BCUT2D eigenvalue weighted by Gasteiger charge is 2.34. The first kappa shape index (κ1) is 45.7. The van der Waals surface area contributed by atoms with Gasteiger partial charge < -0.3 is 28.4 Å². The van der Waals surface area contributed by atoms with Crippen molar-refractivity contribution < 1.29 is 57.2 Å². The second kappa shape index (κ2) is 20.4. The number of aryl methyl sites for hydroxylation is 6. The maximum Gasteiger partial charge on any atom is 0.342 e. The van der Waals surface area contributed by atoms with E-state index in [-0.39, 0.29) is 36.5 Å². The van der Waals surface area contributed by atoms with Crippen LogP contribution in [0.2, 0.25) is 0 Å². The zero-order chi connectivity index (χ0) is 43.4. The lowest BCUT2D eigenvalue weighted by Gasteiger charge is -2.18. The van der Waals surface area contributed by atoms with Gasteiger partial charge >= 0.3 is 35.8 Å². The summed E-state index contributed by atoms with van der Waals surface area (Å²) in [6, 6.07) is 11.3. The lowest BCUT2D eigenvalue weighted by atomic mass is 10.1. The van der Waals surface area contributed by atoms with Crippen molar-refractivity contribution in [1.29, 1.82) is 0 Å². The Morgan fingerprint density at radius 2 is 0.655 bits per heavy atom. The van der Waals surface area contributed by atoms with Crippen LogP contribution >= 0.6 is 0 Å². The van der Waals surface area contributed by atoms with Gasteiger partial charge in [-0.25, -0.2) is 28.8 Å². The maximum atomic E-state index is 12.9. The van der Waals surface area contributed by atoms with E-state index in [1.165, 1.54) is 0 Å². The Hall–Kier alpha value is -6.73. The van der Waals surface area contributed by atoms with Gasteiger partial charge in [-0.3, -0.25) is 0 Å². The van der Waals surface area contributed by atoms with Crippen LogP contribution in [0.15, 0.2) is 126 Å². The zero-order valence-electron chi connectivity index (χ0n) is 33.4. The fourth-order valence-corrected chi connectivity index (χ4v) is 7.88. The van der Waals surface area contributed by atoms with Crippen molar-refractivity contribution in [2.45, 2.75) is 56.2 Å². The molecular formula is C45H45O12S+. The fraction of sp³-hybridized carbons (Fsp3) is 0.200. The molecule has 0 N–H and O–H groups in total. The van der Waals surface area contributed by atoms with Crippen molar-refractivity contribution in [3.05, 3.63) is 144 Å². The molecule has 3 aromatic carbocycles. The molecule has 0 saturated heterocycles. The average molecular weight is 810 g/mol. The standard InChI is InChI=1S/C45H45O12S/c1-13-37(46)52-22-31(10)43(49)55-40-25(4)16-34(17-26(40)5)58(35-18-27(6)41(28(7)19-35)56-44(50)32(11)23-53-38(47)14-2)36-20-29(8)42(30(9)21-36)57-45(51)33(12)24-54-39(48)15-3/h13-21H,1-3,10-12,22-24H2,4-9H3/q+1. The summed E-state index contributed by atoms with van der Waals surface area (Å²) in [5.74, 6) is -3.54. The van der Waals surface area contributed by atoms with Crippen molar-refractivity contribution in [1.82, 2.24) is 0 Å². The van der Waals surface area contributed by atoms with Crippen LogP contribution in [0.3, 0.4) is 0 Å². The van der Waals surface area contributed by atoms with Crippen molar-refractivity contribution in [2.24, 2.45) is 0 Å². The first-order chi connectivity index (χ1) is 27.3. The van der Waals surface area contributed by atoms with Gasteiger partial charge in [0.15, 0.2) is 14.7 Å². The van der Waals surface area contributed by atoms with Crippen LogP contribution in [0.4, 0.5) is 0 Å². The molecule has 0 aliphatic heterocycles. The third kappa shape index (κ3) is 11.9. The molecule has 3 aromatic rings. The molecule has 0 amide bonds. The van der Waals surface area contributed by atoms with Gasteiger partial charge in [0.2, 0.25) is 0 Å². The molecule has 0 heterocycles. The summed E-state index contributed by atoms with van der Waals surface area (Å²) in [6.07, 6.45) is 2.92. The van der Waals surface area contributed by atoms with E-state index in [9.17, 15) is 28.8 Å². The second-order valence-electron chi connectivity index (χ2n) is 12.9. The molecule has 0 atom stereocenters. The molecule has 13 heteroatoms. The van der Waals surface area contributed by atoms with E-state index < -0.39 is 46.7 Å². The molecule has 58 heavy (non-hydrogen) atoms. The smallest absolute Gasteiger partial charge is 0.342 e. The van der Waals surface area contributed by atoms with Crippen LogP contribution in [0.1, 0.15) is 33.4 Å². The number of carbonyl (C=O) groups is 6. The number of hydrogen-bond acceptors (Lipinski definition) is 12. The summed E-state index contributed by atoms with van der Waals surface area (Å²) in [5, 5.41) is 0. The molecule has 12 nitrogen and oxygen atoms in total. The van der Waals surface area contributed by atoms with Crippen molar-refractivity contribution >= 4 is 46.7 Å². The molecule has 3 rings (SSSR count). The van der Waals surface area contributed by atoms with Gasteiger partial charge in [0.05, 0.1) is 27.6 Å². The molecule has 0 aromatic heterocycles. The highest BCUT2D eigenvalue weighted by molar-refractivity contribution is 7.97. The third-order valence-electron chi connectivity index (χ3n) is 8.12. The van der Waals surface area contributed by atoms with Crippen LogP contribution in [0, 0.1) is 41.5 Å². The normalized spacial score (nSPS) is 10.4. The molecule has 302 valence electrons. The lowest BCUT2D eigenvalue weighted by molar-refractivity contribution is -0.139. The highest BCUT2D eigenvalue weighted by atomic mass is 32.2. The summed E-state index contributed by atoms with van der Waals surface area (Å²) in [7, 11) is -0.869.